The highest BCUT2D eigenvalue weighted by atomic mass is 32.2. The van der Waals surface area contributed by atoms with E-state index in [1.165, 1.54) is 0 Å². The van der Waals surface area contributed by atoms with E-state index >= 15 is 0 Å². The Morgan fingerprint density at radius 2 is 2.05 bits per heavy atom. The molecule has 0 saturated carbocycles. The van der Waals surface area contributed by atoms with Crippen LogP contribution in [0.4, 0.5) is 0 Å². The van der Waals surface area contributed by atoms with E-state index in [1.807, 2.05) is 10.8 Å². The first-order chi connectivity index (χ1) is 9.18. The summed E-state index contributed by atoms with van der Waals surface area (Å²) in [6, 6.07) is 6.94. The van der Waals surface area contributed by atoms with Crippen molar-refractivity contribution in [1.82, 2.24) is 14.9 Å². The quantitative estimate of drug-likeness (QED) is 0.909. The smallest absolute Gasteiger partial charge is 0.182 e. The van der Waals surface area contributed by atoms with Gasteiger partial charge in [-0.1, -0.05) is 0 Å². The molecule has 19 heavy (non-hydrogen) atoms. The molecule has 0 aliphatic carbocycles. The molecule has 1 fully saturated rings. The van der Waals surface area contributed by atoms with Crippen molar-refractivity contribution >= 4 is 9.84 Å². The number of rotatable bonds is 3. The number of hydrogen-bond acceptors (Lipinski definition) is 4. The molecule has 2 heterocycles. The number of aromatic nitrogens is 2. The molecule has 1 aliphatic rings. The van der Waals surface area contributed by atoms with E-state index in [0.29, 0.717) is 17.9 Å². The number of imidazole rings is 1. The van der Waals surface area contributed by atoms with Crippen LogP contribution in [0.1, 0.15) is 6.42 Å². The second-order valence-corrected chi connectivity index (χ2v) is 6.85. The zero-order chi connectivity index (χ0) is 13.3. The lowest BCUT2D eigenvalue weighted by molar-refractivity contribution is 0.583. The standard InChI is InChI=1S/C13H15N3O2S/c17-19(18,13-5-6-14-9-13)12-3-1-11(2-4-12)16-8-7-15-10-16/h1-4,7-8,10,13-14H,5-6,9H2/t13-/m1/s1. The van der Waals surface area contributed by atoms with Crippen LogP contribution < -0.4 is 5.32 Å². The van der Waals surface area contributed by atoms with Crippen molar-refractivity contribution in [3.8, 4) is 5.69 Å². The summed E-state index contributed by atoms with van der Waals surface area (Å²) in [6.07, 6.45) is 5.88. The Hall–Kier alpha value is -1.66. The highest BCUT2D eigenvalue weighted by Gasteiger charge is 2.29. The van der Waals surface area contributed by atoms with Crippen molar-refractivity contribution < 1.29 is 8.42 Å². The van der Waals surface area contributed by atoms with Crippen molar-refractivity contribution in [3.05, 3.63) is 43.0 Å². The van der Waals surface area contributed by atoms with E-state index in [-0.39, 0.29) is 5.25 Å². The molecule has 1 saturated heterocycles. The minimum absolute atomic E-state index is 0.299. The van der Waals surface area contributed by atoms with Crippen molar-refractivity contribution in [3.63, 3.8) is 0 Å². The second-order valence-electron chi connectivity index (χ2n) is 4.62. The Morgan fingerprint density at radius 3 is 2.63 bits per heavy atom. The van der Waals surface area contributed by atoms with Gasteiger partial charge in [-0.05, 0) is 37.2 Å². The molecule has 3 rings (SSSR count). The van der Waals surface area contributed by atoms with Gasteiger partial charge in [0.1, 0.15) is 0 Å². The summed E-state index contributed by atoms with van der Waals surface area (Å²) >= 11 is 0. The van der Waals surface area contributed by atoms with Crippen LogP contribution in [0.5, 0.6) is 0 Å². The monoisotopic (exact) mass is 277 g/mol. The van der Waals surface area contributed by atoms with Crippen LogP contribution in [-0.2, 0) is 9.84 Å². The molecule has 2 aromatic rings. The zero-order valence-corrected chi connectivity index (χ0v) is 11.2. The van der Waals surface area contributed by atoms with Gasteiger partial charge in [0.25, 0.3) is 0 Å². The lowest BCUT2D eigenvalue weighted by Crippen LogP contribution is -2.23. The van der Waals surface area contributed by atoms with Crippen LogP contribution in [0.25, 0.3) is 5.69 Å². The molecule has 0 radical (unpaired) electrons. The van der Waals surface area contributed by atoms with Gasteiger partial charge in [-0.15, -0.1) is 0 Å². The van der Waals surface area contributed by atoms with E-state index in [2.05, 4.69) is 10.3 Å². The summed E-state index contributed by atoms with van der Waals surface area (Å²) in [6.45, 7) is 1.32. The molecule has 1 aliphatic heterocycles. The van der Waals surface area contributed by atoms with Gasteiger partial charge in [0.2, 0.25) is 0 Å². The van der Waals surface area contributed by atoms with Crippen molar-refractivity contribution in [2.75, 3.05) is 13.1 Å². The average Bonchev–Trinajstić information content (AvgIpc) is 3.12. The summed E-state index contributed by atoms with van der Waals surface area (Å²) in [5, 5.41) is 2.79. The predicted octanol–water partition coefficient (Wildman–Crippen LogP) is 1.01. The molecule has 0 unspecified atom stereocenters. The van der Waals surface area contributed by atoms with Crippen LogP contribution in [0, 0.1) is 0 Å². The van der Waals surface area contributed by atoms with Gasteiger partial charge in [-0.2, -0.15) is 0 Å². The van der Waals surface area contributed by atoms with E-state index in [1.54, 1.807) is 36.8 Å². The molecule has 5 nitrogen and oxygen atoms in total. The zero-order valence-electron chi connectivity index (χ0n) is 10.4. The van der Waals surface area contributed by atoms with Crippen LogP contribution in [-0.4, -0.2) is 36.3 Å². The van der Waals surface area contributed by atoms with Crippen LogP contribution in [0.15, 0.2) is 47.9 Å². The minimum atomic E-state index is -3.21. The fourth-order valence-corrected chi connectivity index (χ4v) is 3.97. The van der Waals surface area contributed by atoms with E-state index < -0.39 is 9.84 Å². The Bertz CT molecular complexity index is 642. The Labute approximate surface area is 112 Å². The average molecular weight is 277 g/mol. The van der Waals surface area contributed by atoms with E-state index in [4.69, 9.17) is 0 Å². The number of sulfone groups is 1. The van der Waals surface area contributed by atoms with Gasteiger partial charge in [0.05, 0.1) is 16.5 Å². The molecular weight excluding hydrogens is 262 g/mol. The summed E-state index contributed by atoms with van der Waals surface area (Å²) in [4.78, 5) is 4.36. The van der Waals surface area contributed by atoms with Gasteiger partial charge in [0.15, 0.2) is 9.84 Å². The van der Waals surface area contributed by atoms with Gasteiger partial charge < -0.3 is 9.88 Å². The molecule has 0 bridgehead atoms. The normalized spacial score (nSPS) is 19.7. The first kappa shape index (κ1) is 12.4. The van der Waals surface area contributed by atoms with Crippen molar-refractivity contribution in [2.45, 2.75) is 16.6 Å². The molecule has 1 atom stereocenters. The Morgan fingerprint density at radius 1 is 1.26 bits per heavy atom. The summed E-state index contributed by atoms with van der Waals surface area (Å²) in [5.74, 6) is 0. The number of hydrogen-bond donors (Lipinski definition) is 1. The third-order valence-corrected chi connectivity index (χ3v) is 5.63. The largest absolute Gasteiger partial charge is 0.315 e. The maximum atomic E-state index is 12.4. The van der Waals surface area contributed by atoms with Gasteiger partial charge in [-0.3, -0.25) is 0 Å². The molecule has 1 N–H and O–H groups in total. The molecule has 100 valence electrons. The van der Waals surface area contributed by atoms with Gasteiger partial charge in [-0.25, -0.2) is 13.4 Å². The first-order valence-electron chi connectivity index (χ1n) is 6.21. The maximum Gasteiger partial charge on any atom is 0.182 e. The first-order valence-corrected chi connectivity index (χ1v) is 7.75. The molecule has 1 aromatic carbocycles. The minimum Gasteiger partial charge on any atom is -0.315 e. The second kappa shape index (κ2) is 4.79. The molecule has 6 heteroatoms. The topological polar surface area (TPSA) is 64.0 Å². The van der Waals surface area contributed by atoms with E-state index in [9.17, 15) is 8.42 Å². The SMILES string of the molecule is O=S(=O)(c1ccc(-n2ccnc2)cc1)[C@@H]1CCNC1. The summed E-state index contributed by atoms with van der Waals surface area (Å²) in [7, 11) is -3.21. The maximum absolute atomic E-state index is 12.4. The lowest BCUT2D eigenvalue weighted by atomic mass is 10.3. The van der Waals surface area contributed by atoms with Gasteiger partial charge >= 0.3 is 0 Å². The van der Waals surface area contributed by atoms with Crippen molar-refractivity contribution in [1.29, 1.82) is 0 Å². The third-order valence-electron chi connectivity index (χ3n) is 3.42. The fourth-order valence-electron chi connectivity index (χ4n) is 2.31. The molecule has 1 aromatic heterocycles. The molecular formula is C13H15N3O2S. The lowest BCUT2D eigenvalue weighted by Gasteiger charge is -2.11. The fraction of sp³-hybridized carbons (Fsp3) is 0.308. The van der Waals surface area contributed by atoms with E-state index in [0.717, 1.165) is 12.2 Å². The summed E-state index contributed by atoms with van der Waals surface area (Å²) < 4.78 is 26.6. The highest BCUT2D eigenvalue weighted by molar-refractivity contribution is 7.92. The van der Waals surface area contributed by atoms with Gasteiger partial charge in [0, 0.05) is 24.6 Å². The Balaban J connectivity index is 1.90. The number of nitrogens with zero attached hydrogens (tertiary/aromatic N) is 2. The van der Waals surface area contributed by atoms with Crippen molar-refractivity contribution in [2.24, 2.45) is 0 Å². The molecule has 0 spiro atoms. The highest BCUT2D eigenvalue weighted by Crippen LogP contribution is 2.21. The molecule has 0 amide bonds. The summed E-state index contributed by atoms with van der Waals surface area (Å²) in [5.41, 5.74) is 0.904. The van der Waals surface area contributed by atoms with Crippen LogP contribution >= 0.6 is 0 Å². The third kappa shape index (κ3) is 2.29. The Kier molecular flexibility index (Phi) is 3.12. The number of nitrogens with one attached hydrogen (secondary N) is 1. The number of benzene rings is 1. The van der Waals surface area contributed by atoms with Crippen LogP contribution in [0.2, 0.25) is 0 Å². The predicted molar refractivity (Wildman–Crippen MR) is 72.0 cm³/mol. The van der Waals surface area contributed by atoms with Crippen LogP contribution in [0.3, 0.4) is 0 Å².